The molecule has 2 rings (SSSR count). The van der Waals surface area contributed by atoms with E-state index in [0.29, 0.717) is 17.9 Å². The molecular formula is C16H15BrO4. The number of benzene rings is 2. The summed E-state index contributed by atoms with van der Waals surface area (Å²) >= 11 is 3.35. The number of aliphatic carboxylic acids is 1. The van der Waals surface area contributed by atoms with Gasteiger partial charge in [0.15, 0.2) is 6.10 Å². The molecule has 0 saturated heterocycles. The molecule has 0 fully saturated rings. The van der Waals surface area contributed by atoms with Gasteiger partial charge >= 0.3 is 5.97 Å². The molecule has 0 unspecified atom stereocenters. The first-order valence-electron chi connectivity index (χ1n) is 6.36. The van der Waals surface area contributed by atoms with Crippen molar-refractivity contribution in [2.45, 2.75) is 12.5 Å². The number of methoxy groups -OCH3 is 1. The zero-order chi connectivity index (χ0) is 15.2. The fourth-order valence-electron chi connectivity index (χ4n) is 1.83. The minimum Gasteiger partial charge on any atom is -0.497 e. The summed E-state index contributed by atoms with van der Waals surface area (Å²) in [6.45, 7) is 0. The number of halogens is 1. The van der Waals surface area contributed by atoms with Gasteiger partial charge in [-0.05, 0) is 42.0 Å². The Morgan fingerprint density at radius 1 is 1.10 bits per heavy atom. The molecule has 21 heavy (non-hydrogen) atoms. The van der Waals surface area contributed by atoms with Gasteiger partial charge in [0.1, 0.15) is 11.5 Å². The van der Waals surface area contributed by atoms with Crippen molar-refractivity contribution in [2.75, 3.05) is 7.11 Å². The second kappa shape index (κ2) is 7.13. The van der Waals surface area contributed by atoms with Crippen LogP contribution in [0.2, 0.25) is 0 Å². The number of rotatable bonds is 6. The van der Waals surface area contributed by atoms with Gasteiger partial charge in [-0.1, -0.05) is 28.1 Å². The maximum absolute atomic E-state index is 11.3. The molecule has 1 atom stereocenters. The Bertz CT molecular complexity index is 593. The highest BCUT2D eigenvalue weighted by Crippen LogP contribution is 2.20. The van der Waals surface area contributed by atoms with Crippen molar-refractivity contribution >= 4 is 21.9 Å². The molecule has 0 spiro atoms. The fourth-order valence-corrected chi connectivity index (χ4v) is 2.10. The summed E-state index contributed by atoms with van der Waals surface area (Å²) in [6, 6.07) is 14.3. The smallest absolute Gasteiger partial charge is 0.345 e. The standard InChI is InChI=1S/C16H15BrO4/c1-20-13-6-8-14(9-7-13)21-15(16(18)19)10-11-2-4-12(17)5-3-11/h2-9,15H,10H2,1H3,(H,18,19)/t15-/m0/s1. The summed E-state index contributed by atoms with van der Waals surface area (Å²) in [5.41, 5.74) is 0.902. The highest BCUT2D eigenvalue weighted by molar-refractivity contribution is 9.10. The van der Waals surface area contributed by atoms with Crippen LogP contribution in [0.25, 0.3) is 0 Å². The molecule has 110 valence electrons. The molecule has 2 aromatic carbocycles. The van der Waals surface area contributed by atoms with Crippen molar-refractivity contribution in [3.8, 4) is 11.5 Å². The van der Waals surface area contributed by atoms with Crippen LogP contribution in [0, 0.1) is 0 Å². The predicted octanol–water partition coefficient (Wildman–Crippen LogP) is 3.53. The van der Waals surface area contributed by atoms with Crippen molar-refractivity contribution in [1.82, 2.24) is 0 Å². The van der Waals surface area contributed by atoms with Gasteiger partial charge in [-0.15, -0.1) is 0 Å². The van der Waals surface area contributed by atoms with Crippen molar-refractivity contribution in [3.05, 3.63) is 58.6 Å². The second-order valence-corrected chi connectivity index (χ2v) is 5.37. The molecule has 0 bridgehead atoms. The Morgan fingerprint density at radius 3 is 2.19 bits per heavy atom. The van der Waals surface area contributed by atoms with E-state index < -0.39 is 12.1 Å². The molecule has 0 aliphatic rings. The SMILES string of the molecule is COc1ccc(O[C@@H](Cc2ccc(Br)cc2)C(=O)O)cc1. The lowest BCUT2D eigenvalue weighted by Crippen LogP contribution is -2.29. The summed E-state index contributed by atoms with van der Waals surface area (Å²) < 4.78 is 11.5. The minimum atomic E-state index is -0.992. The number of carboxylic acid groups (broad SMARTS) is 1. The van der Waals surface area contributed by atoms with E-state index in [1.807, 2.05) is 24.3 Å². The van der Waals surface area contributed by atoms with Crippen LogP contribution in [0.5, 0.6) is 11.5 Å². The second-order valence-electron chi connectivity index (χ2n) is 4.45. The normalized spacial score (nSPS) is 11.7. The molecule has 4 nitrogen and oxygen atoms in total. The number of ether oxygens (including phenoxy) is 2. The molecule has 0 aliphatic carbocycles. The van der Waals surface area contributed by atoms with E-state index in [1.54, 1.807) is 31.4 Å². The van der Waals surface area contributed by atoms with Crippen LogP contribution >= 0.6 is 15.9 Å². The van der Waals surface area contributed by atoms with Crippen LogP contribution in [0.3, 0.4) is 0 Å². The third kappa shape index (κ3) is 4.49. The number of carbonyl (C=O) groups is 1. The lowest BCUT2D eigenvalue weighted by molar-refractivity contribution is -0.145. The highest BCUT2D eigenvalue weighted by Gasteiger charge is 2.20. The van der Waals surface area contributed by atoms with Gasteiger partial charge in [-0.2, -0.15) is 0 Å². The molecule has 0 heterocycles. The predicted molar refractivity (Wildman–Crippen MR) is 82.9 cm³/mol. The number of hydrogen-bond acceptors (Lipinski definition) is 3. The molecular weight excluding hydrogens is 336 g/mol. The first-order valence-corrected chi connectivity index (χ1v) is 7.16. The minimum absolute atomic E-state index is 0.300. The van der Waals surface area contributed by atoms with Crippen LogP contribution in [-0.2, 0) is 11.2 Å². The van der Waals surface area contributed by atoms with Gasteiger partial charge < -0.3 is 14.6 Å². The summed E-state index contributed by atoms with van der Waals surface area (Å²) in [6.07, 6.45) is -0.631. The van der Waals surface area contributed by atoms with Crippen molar-refractivity contribution < 1.29 is 19.4 Å². The fraction of sp³-hybridized carbons (Fsp3) is 0.188. The van der Waals surface area contributed by atoms with E-state index in [1.165, 1.54) is 0 Å². The quantitative estimate of drug-likeness (QED) is 0.865. The van der Waals surface area contributed by atoms with Crippen molar-refractivity contribution in [2.24, 2.45) is 0 Å². The Labute approximate surface area is 131 Å². The molecule has 2 aromatic rings. The molecule has 0 radical (unpaired) electrons. The van der Waals surface area contributed by atoms with Gasteiger partial charge in [0.2, 0.25) is 0 Å². The van der Waals surface area contributed by atoms with E-state index in [0.717, 1.165) is 10.0 Å². The molecule has 5 heteroatoms. The monoisotopic (exact) mass is 350 g/mol. The molecule has 0 aliphatic heterocycles. The lowest BCUT2D eigenvalue weighted by atomic mass is 10.1. The zero-order valence-electron chi connectivity index (χ0n) is 11.5. The maximum atomic E-state index is 11.3. The average molecular weight is 351 g/mol. The van der Waals surface area contributed by atoms with Gasteiger partial charge in [0, 0.05) is 10.9 Å². The van der Waals surface area contributed by atoms with E-state index in [-0.39, 0.29) is 0 Å². The van der Waals surface area contributed by atoms with Crippen molar-refractivity contribution in [1.29, 1.82) is 0 Å². The first kappa shape index (κ1) is 15.4. The number of carboxylic acids is 1. The van der Waals surface area contributed by atoms with Gasteiger partial charge in [-0.25, -0.2) is 4.79 Å². The first-order chi connectivity index (χ1) is 10.1. The van der Waals surface area contributed by atoms with Gasteiger partial charge in [0.05, 0.1) is 7.11 Å². The molecule has 0 amide bonds. The third-order valence-electron chi connectivity index (χ3n) is 2.95. The van der Waals surface area contributed by atoms with Crippen molar-refractivity contribution in [3.63, 3.8) is 0 Å². The van der Waals surface area contributed by atoms with Crippen LogP contribution in [0.1, 0.15) is 5.56 Å². The molecule has 1 N–H and O–H groups in total. The number of hydrogen-bond donors (Lipinski definition) is 1. The zero-order valence-corrected chi connectivity index (χ0v) is 13.0. The summed E-state index contributed by atoms with van der Waals surface area (Å²) in [7, 11) is 1.57. The van der Waals surface area contributed by atoms with Crippen LogP contribution in [0.4, 0.5) is 0 Å². The Morgan fingerprint density at radius 2 is 1.67 bits per heavy atom. The van der Waals surface area contributed by atoms with Crippen LogP contribution < -0.4 is 9.47 Å². The third-order valence-corrected chi connectivity index (χ3v) is 3.48. The highest BCUT2D eigenvalue weighted by atomic mass is 79.9. The van der Waals surface area contributed by atoms with E-state index >= 15 is 0 Å². The van der Waals surface area contributed by atoms with Crippen LogP contribution in [0.15, 0.2) is 53.0 Å². The Kier molecular flexibility index (Phi) is 5.22. The average Bonchev–Trinajstić information content (AvgIpc) is 2.49. The molecule has 0 aromatic heterocycles. The Hall–Kier alpha value is -2.01. The molecule has 0 saturated carbocycles. The lowest BCUT2D eigenvalue weighted by Gasteiger charge is -2.15. The summed E-state index contributed by atoms with van der Waals surface area (Å²) in [5, 5.41) is 9.29. The van der Waals surface area contributed by atoms with E-state index in [2.05, 4.69) is 15.9 Å². The maximum Gasteiger partial charge on any atom is 0.345 e. The Balaban J connectivity index is 2.07. The van der Waals surface area contributed by atoms with Crippen LogP contribution in [-0.4, -0.2) is 24.3 Å². The van der Waals surface area contributed by atoms with Gasteiger partial charge in [-0.3, -0.25) is 0 Å². The summed E-state index contributed by atoms with van der Waals surface area (Å²) in [4.78, 5) is 11.3. The van der Waals surface area contributed by atoms with Gasteiger partial charge in [0.25, 0.3) is 0 Å². The van der Waals surface area contributed by atoms with E-state index in [4.69, 9.17) is 9.47 Å². The topological polar surface area (TPSA) is 55.8 Å². The van der Waals surface area contributed by atoms with E-state index in [9.17, 15) is 9.90 Å². The largest absolute Gasteiger partial charge is 0.497 e. The summed E-state index contributed by atoms with van der Waals surface area (Å²) in [5.74, 6) is 0.205.